The van der Waals surface area contributed by atoms with Crippen LogP contribution in [0.15, 0.2) is 6.33 Å². The van der Waals surface area contributed by atoms with Gasteiger partial charge in [0.05, 0.1) is 5.69 Å². The van der Waals surface area contributed by atoms with Gasteiger partial charge in [-0.3, -0.25) is 0 Å². The Hall–Kier alpha value is -1.23. The van der Waals surface area contributed by atoms with Gasteiger partial charge in [0, 0.05) is 25.7 Å². The summed E-state index contributed by atoms with van der Waals surface area (Å²) in [5.41, 5.74) is 0.496. The van der Waals surface area contributed by atoms with Gasteiger partial charge in [-0.25, -0.2) is 14.4 Å². The summed E-state index contributed by atoms with van der Waals surface area (Å²) >= 11 is 0. The number of nitrogens with zero attached hydrogens (tertiary/aromatic N) is 3. The fraction of sp³-hybridized carbons (Fsp3) is 0.636. The maximum atomic E-state index is 14.0. The Morgan fingerprint density at radius 3 is 3.06 bits per heavy atom. The van der Waals surface area contributed by atoms with Gasteiger partial charge < -0.3 is 10.2 Å². The SMILES string of the molecule is CCc1ncnc(N2CCNCC2C)c1F. The first-order valence-electron chi connectivity index (χ1n) is 5.70. The number of rotatable bonds is 2. The summed E-state index contributed by atoms with van der Waals surface area (Å²) in [5, 5.41) is 3.27. The minimum absolute atomic E-state index is 0.265. The highest BCUT2D eigenvalue weighted by Gasteiger charge is 2.23. The van der Waals surface area contributed by atoms with E-state index in [0.29, 0.717) is 17.9 Å². The quantitative estimate of drug-likeness (QED) is 0.813. The van der Waals surface area contributed by atoms with Gasteiger partial charge in [0.1, 0.15) is 6.33 Å². The van der Waals surface area contributed by atoms with E-state index in [1.54, 1.807) is 0 Å². The lowest BCUT2D eigenvalue weighted by molar-refractivity contribution is 0.482. The predicted molar refractivity (Wildman–Crippen MR) is 61.0 cm³/mol. The highest BCUT2D eigenvalue weighted by molar-refractivity contribution is 5.42. The molecule has 2 heterocycles. The highest BCUT2D eigenvalue weighted by Crippen LogP contribution is 2.20. The number of anilines is 1. The Balaban J connectivity index is 2.31. The second-order valence-corrected chi connectivity index (χ2v) is 4.06. The second kappa shape index (κ2) is 4.74. The Bertz CT molecular complexity index is 369. The van der Waals surface area contributed by atoms with Gasteiger partial charge in [-0.15, -0.1) is 0 Å². The molecule has 0 radical (unpaired) electrons. The van der Waals surface area contributed by atoms with Crippen molar-refractivity contribution in [2.24, 2.45) is 0 Å². The molecule has 1 saturated heterocycles. The summed E-state index contributed by atoms with van der Waals surface area (Å²) in [6, 6.07) is 0.267. The molecule has 1 aromatic rings. The third kappa shape index (κ3) is 2.00. The largest absolute Gasteiger partial charge is 0.349 e. The van der Waals surface area contributed by atoms with Gasteiger partial charge in [-0.05, 0) is 13.3 Å². The van der Waals surface area contributed by atoms with Crippen LogP contribution in [-0.4, -0.2) is 35.6 Å². The summed E-state index contributed by atoms with van der Waals surface area (Å²) in [6.45, 7) is 6.49. The first kappa shape index (κ1) is 11.3. The van der Waals surface area contributed by atoms with Gasteiger partial charge in [0.2, 0.25) is 0 Å². The number of aryl methyl sites for hydroxylation is 1. The average Bonchev–Trinajstić information content (AvgIpc) is 2.31. The van der Waals surface area contributed by atoms with Crippen LogP contribution in [0.25, 0.3) is 0 Å². The Labute approximate surface area is 94.9 Å². The molecule has 1 fully saturated rings. The smallest absolute Gasteiger partial charge is 0.187 e. The molecule has 0 spiro atoms. The van der Waals surface area contributed by atoms with Crippen LogP contribution in [0.1, 0.15) is 19.5 Å². The molecule has 1 aliphatic heterocycles. The maximum absolute atomic E-state index is 14.0. The molecule has 1 aromatic heterocycles. The summed E-state index contributed by atoms with van der Waals surface area (Å²) in [4.78, 5) is 10.0. The van der Waals surface area contributed by atoms with Crippen molar-refractivity contribution in [2.75, 3.05) is 24.5 Å². The molecule has 0 amide bonds. The van der Waals surface area contributed by atoms with E-state index in [1.165, 1.54) is 6.33 Å². The van der Waals surface area contributed by atoms with Gasteiger partial charge >= 0.3 is 0 Å². The number of hydrogen-bond donors (Lipinski definition) is 1. The molecule has 1 N–H and O–H groups in total. The second-order valence-electron chi connectivity index (χ2n) is 4.06. The van der Waals surface area contributed by atoms with Crippen molar-refractivity contribution < 1.29 is 4.39 Å². The van der Waals surface area contributed by atoms with Gasteiger partial charge in [-0.2, -0.15) is 0 Å². The van der Waals surface area contributed by atoms with Crippen LogP contribution >= 0.6 is 0 Å². The van der Waals surface area contributed by atoms with E-state index in [0.717, 1.165) is 19.6 Å². The van der Waals surface area contributed by atoms with E-state index in [-0.39, 0.29) is 11.9 Å². The highest BCUT2D eigenvalue weighted by atomic mass is 19.1. The van der Waals surface area contributed by atoms with Crippen molar-refractivity contribution in [3.8, 4) is 0 Å². The molecule has 88 valence electrons. The van der Waals surface area contributed by atoms with E-state index in [2.05, 4.69) is 22.2 Å². The van der Waals surface area contributed by atoms with Crippen LogP contribution in [0.4, 0.5) is 10.2 Å². The minimum Gasteiger partial charge on any atom is -0.349 e. The summed E-state index contributed by atoms with van der Waals surface area (Å²) in [5.74, 6) is 0.180. The van der Waals surface area contributed by atoms with E-state index < -0.39 is 0 Å². The van der Waals surface area contributed by atoms with Crippen molar-refractivity contribution in [3.63, 3.8) is 0 Å². The zero-order valence-electron chi connectivity index (χ0n) is 9.70. The summed E-state index contributed by atoms with van der Waals surface area (Å²) in [6.07, 6.45) is 2.05. The van der Waals surface area contributed by atoms with Crippen LogP contribution in [0.3, 0.4) is 0 Å². The fourth-order valence-electron chi connectivity index (χ4n) is 2.00. The van der Waals surface area contributed by atoms with Gasteiger partial charge in [-0.1, -0.05) is 6.92 Å². The molecule has 4 nitrogen and oxygen atoms in total. The number of nitrogens with one attached hydrogen (secondary N) is 1. The van der Waals surface area contributed by atoms with E-state index in [1.807, 2.05) is 11.8 Å². The van der Waals surface area contributed by atoms with Crippen LogP contribution in [-0.2, 0) is 6.42 Å². The zero-order valence-corrected chi connectivity index (χ0v) is 9.70. The van der Waals surface area contributed by atoms with Crippen molar-refractivity contribution in [1.29, 1.82) is 0 Å². The number of aromatic nitrogens is 2. The fourth-order valence-corrected chi connectivity index (χ4v) is 2.00. The molecule has 0 aliphatic carbocycles. The monoisotopic (exact) mass is 224 g/mol. The molecule has 16 heavy (non-hydrogen) atoms. The first-order chi connectivity index (χ1) is 7.74. The van der Waals surface area contributed by atoms with E-state index >= 15 is 0 Å². The third-order valence-corrected chi connectivity index (χ3v) is 2.95. The Morgan fingerprint density at radius 2 is 2.38 bits per heavy atom. The molecule has 1 atom stereocenters. The molecule has 1 unspecified atom stereocenters. The molecular formula is C11H17FN4. The molecule has 0 aromatic carbocycles. The van der Waals surface area contributed by atoms with Crippen molar-refractivity contribution in [3.05, 3.63) is 17.8 Å². The zero-order chi connectivity index (χ0) is 11.5. The van der Waals surface area contributed by atoms with E-state index in [9.17, 15) is 4.39 Å². The Kier molecular flexibility index (Phi) is 3.33. The standard InChI is InChI=1S/C11H17FN4/c1-3-9-10(12)11(15-7-14-9)16-5-4-13-6-8(16)2/h7-8,13H,3-6H2,1-2H3. The molecule has 1 aliphatic rings. The number of piperazine rings is 1. The molecule has 5 heteroatoms. The topological polar surface area (TPSA) is 41.1 Å². The number of hydrogen-bond acceptors (Lipinski definition) is 4. The Morgan fingerprint density at radius 1 is 1.56 bits per heavy atom. The summed E-state index contributed by atoms with van der Waals surface area (Å²) in [7, 11) is 0. The lowest BCUT2D eigenvalue weighted by atomic mass is 10.2. The van der Waals surface area contributed by atoms with Crippen molar-refractivity contribution in [2.45, 2.75) is 26.3 Å². The lowest BCUT2D eigenvalue weighted by Gasteiger charge is -2.35. The first-order valence-corrected chi connectivity index (χ1v) is 5.70. The van der Waals surface area contributed by atoms with Crippen LogP contribution in [0.5, 0.6) is 0 Å². The summed E-state index contributed by atoms with van der Waals surface area (Å²) < 4.78 is 14.0. The van der Waals surface area contributed by atoms with Crippen molar-refractivity contribution >= 4 is 5.82 Å². The van der Waals surface area contributed by atoms with Crippen molar-refractivity contribution in [1.82, 2.24) is 15.3 Å². The normalized spacial score (nSPS) is 21.2. The molecule has 0 bridgehead atoms. The van der Waals surface area contributed by atoms with Crippen LogP contribution in [0, 0.1) is 5.82 Å². The third-order valence-electron chi connectivity index (χ3n) is 2.95. The molecular weight excluding hydrogens is 207 g/mol. The predicted octanol–water partition coefficient (Wildman–Crippen LogP) is 0.976. The maximum Gasteiger partial charge on any atom is 0.187 e. The van der Waals surface area contributed by atoms with Gasteiger partial charge in [0.25, 0.3) is 0 Å². The molecule has 2 rings (SSSR count). The molecule has 0 saturated carbocycles. The minimum atomic E-state index is -0.265. The van der Waals surface area contributed by atoms with Gasteiger partial charge in [0.15, 0.2) is 11.6 Å². The van der Waals surface area contributed by atoms with E-state index in [4.69, 9.17) is 0 Å². The van der Waals surface area contributed by atoms with Crippen LogP contribution in [0.2, 0.25) is 0 Å². The lowest BCUT2D eigenvalue weighted by Crippen LogP contribution is -2.50. The van der Waals surface area contributed by atoms with Crippen LogP contribution < -0.4 is 10.2 Å². The average molecular weight is 224 g/mol. The number of halogens is 1.